The molecule has 3 aromatic heterocycles. The minimum absolute atomic E-state index is 0.0479. The normalized spacial score (nSPS) is 19.5. The van der Waals surface area contributed by atoms with E-state index >= 15 is 0 Å². The van der Waals surface area contributed by atoms with Crippen molar-refractivity contribution in [1.29, 1.82) is 0 Å². The van der Waals surface area contributed by atoms with Gasteiger partial charge in [0.15, 0.2) is 16.9 Å². The fourth-order valence-corrected chi connectivity index (χ4v) is 6.37. The second-order valence-electron chi connectivity index (χ2n) is 9.31. The summed E-state index contributed by atoms with van der Waals surface area (Å²) in [5.41, 5.74) is 5.30. The van der Waals surface area contributed by atoms with E-state index in [0.29, 0.717) is 41.7 Å². The Bertz CT molecular complexity index is 1410. The summed E-state index contributed by atoms with van der Waals surface area (Å²) in [5.74, 6) is 0.711. The molecule has 4 aromatic rings. The lowest BCUT2D eigenvalue weighted by Gasteiger charge is -2.27. The molecule has 184 valence electrons. The first kappa shape index (κ1) is 22.8. The van der Waals surface area contributed by atoms with Crippen LogP contribution in [0.3, 0.4) is 0 Å². The van der Waals surface area contributed by atoms with Crippen molar-refractivity contribution < 1.29 is 9.57 Å². The van der Waals surface area contributed by atoms with Crippen LogP contribution >= 0.6 is 11.3 Å². The number of hydrogen-bond donors (Lipinski definition) is 1. The summed E-state index contributed by atoms with van der Waals surface area (Å²) in [4.78, 5) is 25.0. The predicted octanol–water partition coefficient (Wildman–Crippen LogP) is 2.80. The van der Waals surface area contributed by atoms with Crippen LogP contribution in [0.4, 0.5) is 5.82 Å². The summed E-state index contributed by atoms with van der Waals surface area (Å²) >= 11 is 1.59. The number of hydrogen-bond acceptors (Lipinski definition) is 9. The maximum absolute atomic E-state index is 13.7. The highest BCUT2D eigenvalue weighted by Crippen LogP contribution is 2.31. The number of likely N-dealkylation sites (tertiary alicyclic amines) is 1. The van der Waals surface area contributed by atoms with Crippen LogP contribution in [-0.2, 0) is 16.2 Å². The Balaban J connectivity index is 1.35. The number of thiazole rings is 1. The van der Waals surface area contributed by atoms with Gasteiger partial charge in [0.25, 0.3) is 0 Å². The number of nitrogens with zero attached hydrogens (tertiary/aromatic N) is 5. The second kappa shape index (κ2) is 9.79. The van der Waals surface area contributed by atoms with Crippen molar-refractivity contribution in [1.82, 2.24) is 25.0 Å². The first-order valence-electron chi connectivity index (χ1n) is 12.3. The molecule has 0 bridgehead atoms. The minimum atomic E-state index is -0.0479. The summed E-state index contributed by atoms with van der Waals surface area (Å²) in [6.45, 7) is 4.89. The number of ether oxygens (including phenoxy) is 1. The average molecular weight is 495 g/mol. The lowest BCUT2D eigenvalue weighted by atomic mass is 10.1. The second-order valence-corrected chi connectivity index (χ2v) is 10.3. The molecule has 2 saturated heterocycles. The van der Waals surface area contributed by atoms with Gasteiger partial charge in [-0.05, 0) is 51.1 Å². The highest BCUT2D eigenvalue weighted by molar-refractivity contribution is 7.24. The van der Waals surface area contributed by atoms with Gasteiger partial charge in [-0.1, -0.05) is 12.1 Å². The number of aromatic nitrogens is 3. The zero-order valence-corrected chi connectivity index (χ0v) is 20.7. The molecule has 1 atom stereocenters. The van der Waals surface area contributed by atoms with Gasteiger partial charge in [0, 0.05) is 25.7 Å². The summed E-state index contributed by atoms with van der Waals surface area (Å²) < 4.78 is 8.62. The van der Waals surface area contributed by atoms with E-state index < -0.39 is 0 Å². The van der Waals surface area contributed by atoms with Gasteiger partial charge < -0.3 is 14.5 Å². The monoisotopic (exact) mass is 494 g/mol. The van der Waals surface area contributed by atoms with Gasteiger partial charge in [0.2, 0.25) is 0 Å². The van der Waals surface area contributed by atoms with Crippen molar-refractivity contribution in [2.75, 3.05) is 51.3 Å². The van der Waals surface area contributed by atoms with E-state index in [1.54, 1.807) is 11.3 Å². The number of pyridine rings is 1. The number of anilines is 1. The average Bonchev–Trinajstić information content (AvgIpc) is 3.49. The Morgan fingerprint density at radius 3 is 2.89 bits per heavy atom. The number of benzene rings is 1. The van der Waals surface area contributed by atoms with Gasteiger partial charge in [0.05, 0.1) is 41.0 Å². The fourth-order valence-electron chi connectivity index (χ4n) is 5.20. The zero-order chi connectivity index (χ0) is 23.8. The van der Waals surface area contributed by atoms with Crippen molar-refractivity contribution in [3.8, 4) is 0 Å². The molecule has 1 unspecified atom stereocenters. The summed E-state index contributed by atoms with van der Waals surface area (Å²) in [7, 11) is 2.18. The molecule has 35 heavy (non-hydrogen) atoms. The van der Waals surface area contributed by atoms with Gasteiger partial charge in [-0.3, -0.25) is 14.0 Å². The molecule has 2 aliphatic heterocycles. The Kier molecular flexibility index (Phi) is 6.38. The molecule has 2 fully saturated rings. The zero-order valence-electron chi connectivity index (χ0n) is 19.9. The third-order valence-electron chi connectivity index (χ3n) is 7.17. The van der Waals surface area contributed by atoms with Crippen LogP contribution in [0.15, 0.2) is 35.1 Å². The third-order valence-corrected chi connectivity index (χ3v) is 8.36. The van der Waals surface area contributed by atoms with Crippen LogP contribution in [0.5, 0.6) is 0 Å². The van der Waals surface area contributed by atoms with Crippen molar-refractivity contribution in [2.24, 2.45) is 0 Å². The standard InChI is InChI=1S/C25H30N6O3S/c1-29-10-4-5-17(29)8-9-26-34-16-19-23(32)18-15-22(30-11-13-33-14-12-30)27-28-24(18)31-20-6-2-3-7-21(20)35-25(19)31/h2-3,6-7,15,17,26H,4-5,8-14,16H2,1H3. The first-order valence-corrected chi connectivity index (χ1v) is 13.1. The van der Waals surface area contributed by atoms with E-state index in [1.165, 1.54) is 19.4 Å². The highest BCUT2D eigenvalue weighted by Gasteiger charge is 2.22. The molecule has 0 saturated carbocycles. The van der Waals surface area contributed by atoms with Gasteiger partial charge >= 0.3 is 0 Å². The molecule has 0 spiro atoms. The van der Waals surface area contributed by atoms with Gasteiger partial charge in [-0.15, -0.1) is 21.5 Å². The van der Waals surface area contributed by atoms with Gasteiger partial charge in [0.1, 0.15) is 4.83 Å². The molecule has 9 nitrogen and oxygen atoms in total. The lowest BCUT2D eigenvalue weighted by molar-refractivity contribution is 0.0247. The van der Waals surface area contributed by atoms with E-state index in [4.69, 9.17) is 9.57 Å². The molecule has 1 aromatic carbocycles. The van der Waals surface area contributed by atoms with Crippen LogP contribution in [0, 0.1) is 0 Å². The number of rotatable bonds is 7. The van der Waals surface area contributed by atoms with Crippen LogP contribution in [-0.4, -0.2) is 72.0 Å². The number of hydroxylamine groups is 1. The molecule has 1 N–H and O–H groups in total. The maximum atomic E-state index is 13.7. The molecule has 10 heteroatoms. The van der Waals surface area contributed by atoms with Crippen molar-refractivity contribution in [3.63, 3.8) is 0 Å². The quantitative estimate of drug-likeness (QED) is 0.310. The molecule has 0 radical (unpaired) electrons. The molecule has 6 rings (SSSR count). The largest absolute Gasteiger partial charge is 0.378 e. The summed E-state index contributed by atoms with van der Waals surface area (Å²) in [5, 5.41) is 9.60. The summed E-state index contributed by atoms with van der Waals surface area (Å²) in [6.07, 6.45) is 3.53. The Morgan fingerprint density at radius 1 is 1.20 bits per heavy atom. The maximum Gasteiger partial charge on any atom is 0.198 e. The number of fused-ring (bicyclic) bond motifs is 5. The van der Waals surface area contributed by atoms with Crippen molar-refractivity contribution >= 4 is 43.2 Å². The lowest BCUT2D eigenvalue weighted by Crippen LogP contribution is -2.37. The fraction of sp³-hybridized carbons (Fsp3) is 0.480. The number of morpholine rings is 1. The van der Waals surface area contributed by atoms with E-state index in [2.05, 4.69) is 49.1 Å². The van der Waals surface area contributed by atoms with Crippen molar-refractivity contribution in [3.05, 3.63) is 46.1 Å². The topological polar surface area (TPSA) is 84.2 Å². The van der Waals surface area contributed by atoms with E-state index in [9.17, 15) is 4.79 Å². The van der Waals surface area contributed by atoms with Crippen LogP contribution in [0.1, 0.15) is 24.8 Å². The minimum Gasteiger partial charge on any atom is -0.378 e. The Labute approximate surface area is 207 Å². The molecule has 0 aliphatic carbocycles. The molecular weight excluding hydrogens is 464 g/mol. The van der Waals surface area contributed by atoms with Crippen LogP contribution in [0.2, 0.25) is 0 Å². The Morgan fingerprint density at radius 2 is 2.06 bits per heavy atom. The molecule has 0 amide bonds. The summed E-state index contributed by atoms with van der Waals surface area (Å²) in [6, 6.07) is 10.6. The van der Waals surface area contributed by atoms with E-state index in [1.807, 2.05) is 18.2 Å². The SMILES string of the molecule is CN1CCCC1CCNOCc1c(=O)c2cc(N3CCOCC3)nnc2n2c1sc1ccccc12. The number of para-hydroxylation sites is 1. The Hall–Kier alpha value is -2.63. The highest BCUT2D eigenvalue weighted by atomic mass is 32.1. The van der Waals surface area contributed by atoms with Crippen LogP contribution in [0.25, 0.3) is 26.1 Å². The number of nitrogens with one attached hydrogen (secondary N) is 1. The van der Waals surface area contributed by atoms with Gasteiger partial charge in [-0.2, -0.15) is 0 Å². The molecular formula is C25H30N6O3S. The van der Waals surface area contributed by atoms with Gasteiger partial charge in [-0.25, -0.2) is 5.48 Å². The predicted molar refractivity (Wildman–Crippen MR) is 138 cm³/mol. The van der Waals surface area contributed by atoms with Crippen molar-refractivity contribution in [2.45, 2.75) is 31.9 Å². The van der Waals surface area contributed by atoms with Crippen LogP contribution < -0.4 is 15.8 Å². The first-order chi connectivity index (χ1) is 17.2. The van der Waals surface area contributed by atoms with E-state index in [0.717, 1.165) is 41.1 Å². The smallest absolute Gasteiger partial charge is 0.198 e. The molecule has 5 heterocycles. The molecule has 2 aliphatic rings. The third kappa shape index (κ3) is 4.30. The van der Waals surface area contributed by atoms with E-state index in [-0.39, 0.29) is 12.0 Å².